The van der Waals surface area contributed by atoms with E-state index in [0.29, 0.717) is 0 Å². The van der Waals surface area contributed by atoms with Crippen molar-refractivity contribution >= 4 is 37.0 Å². The lowest BCUT2D eigenvalue weighted by atomic mass is 10.0. The molecule has 1 aromatic heterocycles. The number of carbonyl (C=O) groups excluding carboxylic acids is 1. The first kappa shape index (κ1) is 28.5. The van der Waals surface area contributed by atoms with E-state index in [-0.39, 0.29) is 35.5 Å². The minimum atomic E-state index is -2.27. The highest BCUT2D eigenvalue weighted by Gasteiger charge is 2.39. The third kappa shape index (κ3) is 6.65. The molecule has 1 N–H and O–H groups in total. The zero-order chi connectivity index (χ0) is 27.5. The Balaban J connectivity index is 2.01. The molecule has 0 radical (unpaired) electrons. The Morgan fingerprint density at radius 2 is 1.68 bits per heavy atom. The molecule has 0 bridgehead atoms. The Kier molecular flexibility index (Phi) is 8.60. The number of allylic oxidation sites excluding steroid dienone is 1. The molecule has 0 spiro atoms. The Morgan fingerprint density at radius 3 is 2.24 bits per heavy atom. The first-order valence-electron chi connectivity index (χ1n) is 12.7. The molecule has 2 aromatic carbocycles. The first-order chi connectivity index (χ1) is 17.2. The van der Waals surface area contributed by atoms with Gasteiger partial charge in [0.1, 0.15) is 5.82 Å². The number of benzene rings is 2. The molecule has 0 amide bonds. The molecule has 3 rings (SSSR count). The van der Waals surface area contributed by atoms with Gasteiger partial charge in [0.2, 0.25) is 0 Å². The van der Waals surface area contributed by atoms with Gasteiger partial charge < -0.3 is 14.1 Å². The Morgan fingerprint density at radius 1 is 1.05 bits per heavy atom. The van der Waals surface area contributed by atoms with Crippen LogP contribution in [0.4, 0.5) is 4.39 Å². The fourth-order valence-electron chi connectivity index (χ4n) is 4.33. The van der Waals surface area contributed by atoms with Crippen molar-refractivity contribution in [2.75, 3.05) is 0 Å². The fourth-order valence-corrected chi connectivity index (χ4v) is 5.68. The van der Waals surface area contributed by atoms with Crippen molar-refractivity contribution < 1.29 is 23.5 Å². The van der Waals surface area contributed by atoms with E-state index < -0.39 is 20.4 Å². The van der Waals surface area contributed by atoms with Crippen molar-refractivity contribution in [1.29, 1.82) is 0 Å². The number of nitrogens with zero attached hydrogens (tertiary/aromatic N) is 1. The molecule has 1 atom stereocenters. The molecule has 0 aliphatic carbocycles. The second kappa shape index (κ2) is 11.2. The van der Waals surface area contributed by atoms with Crippen LogP contribution in [0.5, 0.6) is 0 Å². The summed E-state index contributed by atoms with van der Waals surface area (Å²) in [5, 5.41) is 10.3. The molecule has 1 heterocycles. The molecule has 0 fully saturated rings. The average molecular weight is 524 g/mol. The van der Waals surface area contributed by atoms with Crippen LogP contribution in [-0.4, -0.2) is 35.8 Å². The largest absolute Gasteiger partial charge is 0.481 e. The van der Waals surface area contributed by atoms with Crippen LogP contribution in [0.1, 0.15) is 59.2 Å². The molecular weight excluding hydrogens is 485 g/mol. The van der Waals surface area contributed by atoms with Crippen LogP contribution < -0.4 is 0 Å². The fraction of sp³-hybridized carbons (Fsp3) is 0.400. The van der Waals surface area contributed by atoms with E-state index in [1.54, 1.807) is 18.2 Å². The molecule has 37 heavy (non-hydrogen) atoms. The average Bonchev–Trinajstić information content (AvgIpc) is 3.11. The van der Waals surface area contributed by atoms with Gasteiger partial charge in [0.25, 0.3) is 0 Å². The lowest BCUT2D eigenvalue weighted by molar-refractivity contribution is -0.139. The van der Waals surface area contributed by atoms with Crippen LogP contribution in [0.3, 0.4) is 0 Å². The van der Waals surface area contributed by atoms with Crippen LogP contribution in [0.25, 0.3) is 28.1 Å². The van der Waals surface area contributed by atoms with E-state index >= 15 is 0 Å². The Labute approximate surface area is 220 Å². The highest BCUT2D eigenvalue weighted by atomic mass is 28.4. The number of carboxylic acids is 1. The first-order valence-corrected chi connectivity index (χ1v) is 15.6. The Hall–Kier alpha value is -3.03. The summed E-state index contributed by atoms with van der Waals surface area (Å²) in [5.41, 5.74) is 3.65. The number of carbonyl (C=O) groups is 2. The van der Waals surface area contributed by atoms with Gasteiger partial charge in [-0.05, 0) is 67.9 Å². The van der Waals surface area contributed by atoms with Crippen molar-refractivity contribution in [3.8, 4) is 11.1 Å². The van der Waals surface area contributed by atoms with Crippen molar-refractivity contribution in [1.82, 2.24) is 4.57 Å². The second-order valence-corrected chi connectivity index (χ2v) is 16.1. The smallest absolute Gasteiger partial charge is 0.305 e. The van der Waals surface area contributed by atoms with Gasteiger partial charge >= 0.3 is 5.97 Å². The number of aromatic nitrogens is 1. The second-order valence-electron chi connectivity index (χ2n) is 11.3. The monoisotopic (exact) mass is 523 g/mol. The zero-order valence-corrected chi connectivity index (χ0v) is 23.8. The van der Waals surface area contributed by atoms with Crippen molar-refractivity contribution in [2.24, 2.45) is 0 Å². The van der Waals surface area contributed by atoms with Crippen molar-refractivity contribution in [2.45, 2.75) is 77.7 Å². The van der Waals surface area contributed by atoms with Gasteiger partial charge in [-0.3, -0.25) is 9.59 Å². The standard InChI is InChI=1S/C30H38FNO4Si/c1-20(2)32-26-11-9-8-10-25(26)29(21-12-14-22(31)15-13-21)27(32)17-16-23(33)18-24(19-28(34)35)36-37(6,7)30(3,4)5/h8-17,20,24H,18-19H2,1-7H3,(H,34,35)/b17-16+/t24-/m0/s1. The predicted molar refractivity (Wildman–Crippen MR) is 151 cm³/mol. The number of rotatable bonds is 10. The lowest BCUT2D eigenvalue weighted by Crippen LogP contribution is -2.44. The molecule has 7 heteroatoms. The predicted octanol–water partition coefficient (Wildman–Crippen LogP) is 7.87. The number of para-hydroxylation sites is 1. The normalized spacial score (nSPS) is 13.5. The van der Waals surface area contributed by atoms with E-state index in [9.17, 15) is 19.1 Å². The van der Waals surface area contributed by atoms with E-state index in [1.807, 2.05) is 24.3 Å². The maximum Gasteiger partial charge on any atom is 0.305 e. The number of aliphatic carboxylic acids is 1. The number of carboxylic acid groups (broad SMARTS) is 1. The van der Waals surface area contributed by atoms with E-state index in [0.717, 1.165) is 27.7 Å². The quantitative estimate of drug-likeness (QED) is 0.217. The van der Waals surface area contributed by atoms with Crippen LogP contribution in [-0.2, 0) is 14.0 Å². The van der Waals surface area contributed by atoms with Crippen molar-refractivity contribution in [3.05, 3.63) is 66.1 Å². The molecule has 5 nitrogen and oxygen atoms in total. The SMILES string of the molecule is CC(C)n1c(/C=C/C(=O)C[C@@H](CC(=O)O)O[Si](C)(C)C(C)(C)C)c(-c2ccc(F)cc2)c2ccccc21. The maximum atomic E-state index is 13.7. The topological polar surface area (TPSA) is 68.5 Å². The molecule has 0 saturated heterocycles. The van der Waals surface area contributed by atoms with E-state index in [1.165, 1.54) is 18.2 Å². The minimum Gasteiger partial charge on any atom is -0.481 e. The highest BCUT2D eigenvalue weighted by Crippen LogP contribution is 2.39. The van der Waals surface area contributed by atoms with Gasteiger partial charge in [-0.1, -0.05) is 51.1 Å². The summed E-state index contributed by atoms with van der Waals surface area (Å²) in [6.07, 6.45) is 2.39. The summed E-state index contributed by atoms with van der Waals surface area (Å²) in [6.45, 7) is 14.5. The molecule has 198 valence electrons. The maximum absolute atomic E-state index is 13.7. The minimum absolute atomic E-state index is 0.0108. The van der Waals surface area contributed by atoms with Crippen LogP contribution in [0.15, 0.2) is 54.6 Å². The third-order valence-electron chi connectivity index (χ3n) is 7.12. The Bertz CT molecular complexity index is 1300. The molecule has 0 saturated carbocycles. The van der Waals surface area contributed by atoms with Gasteiger partial charge in [0.15, 0.2) is 14.1 Å². The van der Waals surface area contributed by atoms with Gasteiger partial charge in [-0.2, -0.15) is 0 Å². The highest BCUT2D eigenvalue weighted by molar-refractivity contribution is 6.74. The van der Waals surface area contributed by atoms with E-state index in [4.69, 9.17) is 4.43 Å². The van der Waals surface area contributed by atoms with Gasteiger partial charge in [0.05, 0.1) is 18.2 Å². The summed E-state index contributed by atoms with van der Waals surface area (Å²) in [4.78, 5) is 24.7. The number of ketones is 1. The third-order valence-corrected chi connectivity index (χ3v) is 11.7. The van der Waals surface area contributed by atoms with Crippen molar-refractivity contribution in [3.63, 3.8) is 0 Å². The van der Waals surface area contributed by atoms with Crippen LogP contribution in [0.2, 0.25) is 18.1 Å². The van der Waals surface area contributed by atoms with E-state index in [2.05, 4.69) is 52.3 Å². The number of hydrogen-bond donors (Lipinski definition) is 1. The van der Waals surface area contributed by atoms with Gasteiger partial charge in [0, 0.05) is 28.9 Å². The summed E-state index contributed by atoms with van der Waals surface area (Å²) in [7, 11) is -2.27. The number of halogens is 1. The molecular formula is C30H38FNO4Si. The molecule has 3 aromatic rings. The molecule has 0 aliphatic heterocycles. The van der Waals surface area contributed by atoms with Crippen LogP contribution >= 0.6 is 0 Å². The molecule has 0 aliphatic rings. The summed E-state index contributed by atoms with van der Waals surface area (Å²) < 4.78 is 22.2. The summed E-state index contributed by atoms with van der Waals surface area (Å²) >= 11 is 0. The molecule has 0 unspecified atom stereocenters. The zero-order valence-electron chi connectivity index (χ0n) is 22.8. The summed E-state index contributed by atoms with van der Waals surface area (Å²) in [6, 6.07) is 14.5. The number of hydrogen-bond acceptors (Lipinski definition) is 3. The number of fused-ring (bicyclic) bond motifs is 1. The van der Waals surface area contributed by atoms with Gasteiger partial charge in [-0.15, -0.1) is 0 Å². The lowest BCUT2D eigenvalue weighted by Gasteiger charge is -2.38. The van der Waals surface area contributed by atoms with Crippen LogP contribution in [0, 0.1) is 5.82 Å². The van der Waals surface area contributed by atoms with Gasteiger partial charge in [-0.25, -0.2) is 4.39 Å². The summed E-state index contributed by atoms with van der Waals surface area (Å²) in [5.74, 6) is -1.50.